The van der Waals surface area contributed by atoms with Crippen LogP contribution in [0.3, 0.4) is 0 Å². The Morgan fingerprint density at radius 2 is 1.90 bits per heavy atom. The number of hydrogen-bond acceptors (Lipinski definition) is 5. The fourth-order valence-corrected chi connectivity index (χ4v) is 4.36. The first-order valence-electron chi connectivity index (χ1n) is 9.63. The summed E-state index contributed by atoms with van der Waals surface area (Å²) in [6.45, 7) is 1.79. The lowest BCUT2D eigenvalue weighted by atomic mass is 9.97. The molecule has 8 nitrogen and oxygen atoms in total. The molecule has 0 radical (unpaired) electrons. The largest absolute Gasteiger partial charge is 0.330 e. The van der Waals surface area contributed by atoms with Crippen molar-refractivity contribution in [1.29, 1.82) is 0 Å². The van der Waals surface area contributed by atoms with Gasteiger partial charge < -0.3 is 4.90 Å². The summed E-state index contributed by atoms with van der Waals surface area (Å²) in [6, 6.07) is 4.38. The van der Waals surface area contributed by atoms with Gasteiger partial charge >= 0.3 is 0 Å². The van der Waals surface area contributed by atoms with Gasteiger partial charge in [0.05, 0.1) is 17.0 Å². The van der Waals surface area contributed by atoms with Crippen LogP contribution in [0.5, 0.6) is 0 Å². The van der Waals surface area contributed by atoms with Crippen LogP contribution in [0.15, 0.2) is 40.8 Å². The number of carbonyl (C=O) groups excluding carboxylic acids is 3. The molecular formula is C20H25N3O5S. The van der Waals surface area contributed by atoms with Gasteiger partial charge in [-0.1, -0.05) is 11.6 Å². The summed E-state index contributed by atoms with van der Waals surface area (Å²) in [6.07, 6.45) is 7.16. The van der Waals surface area contributed by atoms with Gasteiger partial charge in [-0.2, -0.15) is 0 Å². The average Bonchev–Trinajstić information content (AvgIpc) is 2.96. The molecule has 3 amide bonds. The predicted molar refractivity (Wildman–Crippen MR) is 107 cm³/mol. The molecule has 0 saturated carbocycles. The zero-order valence-electron chi connectivity index (χ0n) is 16.3. The van der Waals surface area contributed by atoms with E-state index in [1.807, 2.05) is 0 Å². The predicted octanol–water partition coefficient (Wildman–Crippen LogP) is 1.70. The molecule has 3 rings (SSSR count). The number of nitrogens with two attached hydrogens (primary N) is 1. The van der Waals surface area contributed by atoms with Crippen molar-refractivity contribution in [3.63, 3.8) is 0 Å². The molecule has 0 bridgehead atoms. The van der Waals surface area contributed by atoms with E-state index in [-0.39, 0.29) is 22.9 Å². The highest BCUT2D eigenvalue weighted by Gasteiger charge is 2.43. The van der Waals surface area contributed by atoms with E-state index >= 15 is 0 Å². The first-order valence-corrected chi connectivity index (χ1v) is 11.2. The zero-order chi connectivity index (χ0) is 21.2. The summed E-state index contributed by atoms with van der Waals surface area (Å²) in [7, 11) is -3.87. The van der Waals surface area contributed by atoms with Gasteiger partial charge in [0.2, 0.25) is 21.8 Å². The Balaban J connectivity index is 1.76. The van der Waals surface area contributed by atoms with Crippen LogP contribution in [-0.4, -0.2) is 43.6 Å². The molecule has 2 N–H and O–H groups in total. The molecule has 1 aromatic rings. The molecule has 1 atom stereocenters. The Morgan fingerprint density at radius 1 is 1.21 bits per heavy atom. The minimum atomic E-state index is -3.87. The van der Waals surface area contributed by atoms with Gasteiger partial charge in [0.1, 0.15) is 6.04 Å². The monoisotopic (exact) mass is 419 g/mol. The van der Waals surface area contributed by atoms with E-state index in [9.17, 15) is 22.8 Å². The van der Waals surface area contributed by atoms with Gasteiger partial charge in [-0.05, 0) is 56.4 Å². The van der Waals surface area contributed by atoms with Crippen molar-refractivity contribution in [3.8, 4) is 0 Å². The number of allylic oxidation sites excluding steroid dienone is 1. The van der Waals surface area contributed by atoms with E-state index in [1.54, 1.807) is 0 Å². The molecule has 1 unspecified atom stereocenters. The van der Waals surface area contributed by atoms with Crippen LogP contribution in [0.1, 0.15) is 45.4 Å². The lowest BCUT2D eigenvalue weighted by Crippen LogP contribution is -2.45. The van der Waals surface area contributed by atoms with E-state index in [4.69, 9.17) is 5.14 Å². The summed E-state index contributed by atoms with van der Waals surface area (Å²) in [4.78, 5) is 40.0. The smallest absolute Gasteiger partial charge is 0.257 e. The van der Waals surface area contributed by atoms with E-state index in [2.05, 4.69) is 6.08 Å². The van der Waals surface area contributed by atoms with Crippen molar-refractivity contribution >= 4 is 33.4 Å². The molecule has 1 heterocycles. The number of rotatable bonds is 6. The van der Waals surface area contributed by atoms with Crippen molar-refractivity contribution < 1.29 is 22.8 Å². The summed E-state index contributed by atoms with van der Waals surface area (Å²) in [5.41, 5.74) is 1.54. The number of nitrogens with zero attached hydrogens (tertiary/aromatic N) is 2. The van der Waals surface area contributed by atoms with Gasteiger partial charge in [-0.3, -0.25) is 14.4 Å². The maximum absolute atomic E-state index is 12.9. The van der Waals surface area contributed by atoms with Crippen molar-refractivity contribution in [2.75, 3.05) is 11.4 Å². The van der Waals surface area contributed by atoms with Crippen molar-refractivity contribution in [3.05, 3.63) is 35.9 Å². The second-order valence-corrected chi connectivity index (χ2v) is 8.96. The van der Waals surface area contributed by atoms with Crippen LogP contribution >= 0.6 is 0 Å². The number of imide groups is 1. The molecule has 1 fully saturated rings. The molecule has 29 heavy (non-hydrogen) atoms. The van der Waals surface area contributed by atoms with Gasteiger partial charge in [0, 0.05) is 13.5 Å². The van der Waals surface area contributed by atoms with Crippen LogP contribution in [0.4, 0.5) is 5.69 Å². The Hall–Kier alpha value is -2.52. The highest BCUT2D eigenvalue weighted by molar-refractivity contribution is 7.89. The van der Waals surface area contributed by atoms with Crippen molar-refractivity contribution in [1.82, 2.24) is 4.90 Å². The number of amides is 3. The summed E-state index contributed by atoms with van der Waals surface area (Å²) >= 11 is 0. The molecule has 1 saturated heterocycles. The quantitative estimate of drug-likeness (QED) is 0.556. The van der Waals surface area contributed by atoms with Crippen LogP contribution in [-0.2, 0) is 24.4 Å². The summed E-state index contributed by atoms with van der Waals surface area (Å²) in [5, 5.41) is 5.08. The Bertz CT molecular complexity index is 953. The molecule has 0 aromatic heterocycles. The Labute approximate surface area is 170 Å². The third kappa shape index (κ3) is 4.73. The molecule has 9 heteroatoms. The molecule has 1 aromatic carbocycles. The summed E-state index contributed by atoms with van der Waals surface area (Å²) in [5.74, 6) is -1.16. The number of benzene rings is 1. The number of sulfonamides is 1. The SMILES string of the molecule is CC(=O)N(CCC1=CCCCC1)C1CC(=O)N(c2ccc(S(N)(=O)=O)cc2)C1=O. The van der Waals surface area contributed by atoms with Gasteiger partial charge in [0.15, 0.2) is 0 Å². The van der Waals surface area contributed by atoms with Crippen molar-refractivity contribution in [2.45, 2.75) is 56.4 Å². The molecule has 1 aliphatic carbocycles. The summed E-state index contributed by atoms with van der Waals surface area (Å²) < 4.78 is 22.8. The van der Waals surface area contributed by atoms with Crippen LogP contribution < -0.4 is 10.0 Å². The zero-order valence-corrected chi connectivity index (χ0v) is 17.2. The van der Waals surface area contributed by atoms with E-state index < -0.39 is 27.9 Å². The number of anilines is 1. The average molecular weight is 420 g/mol. The van der Waals surface area contributed by atoms with Crippen LogP contribution in [0, 0.1) is 0 Å². The third-order valence-electron chi connectivity index (χ3n) is 5.39. The highest BCUT2D eigenvalue weighted by atomic mass is 32.2. The molecule has 2 aliphatic rings. The second-order valence-electron chi connectivity index (χ2n) is 7.40. The maximum Gasteiger partial charge on any atom is 0.257 e. The van der Waals surface area contributed by atoms with Crippen molar-refractivity contribution in [2.24, 2.45) is 5.14 Å². The number of primary sulfonamides is 1. The van der Waals surface area contributed by atoms with Crippen LogP contribution in [0.2, 0.25) is 0 Å². The Kier molecular flexibility index (Phi) is 6.18. The lowest BCUT2D eigenvalue weighted by molar-refractivity contribution is -0.136. The fourth-order valence-electron chi connectivity index (χ4n) is 3.84. The first-order chi connectivity index (χ1) is 13.7. The minimum absolute atomic E-state index is 0.0889. The molecule has 0 spiro atoms. The molecule has 156 valence electrons. The molecule has 1 aliphatic heterocycles. The number of carbonyl (C=O) groups is 3. The van der Waals surface area contributed by atoms with Gasteiger partial charge in [-0.15, -0.1) is 0 Å². The molecular weight excluding hydrogens is 394 g/mol. The normalized spacial score (nSPS) is 20.0. The van der Waals surface area contributed by atoms with Gasteiger partial charge in [0.25, 0.3) is 5.91 Å². The van der Waals surface area contributed by atoms with Gasteiger partial charge in [-0.25, -0.2) is 18.5 Å². The van der Waals surface area contributed by atoms with E-state index in [0.29, 0.717) is 13.0 Å². The topological polar surface area (TPSA) is 118 Å². The number of hydrogen-bond donors (Lipinski definition) is 1. The van der Waals surface area contributed by atoms with E-state index in [1.165, 1.54) is 48.1 Å². The minimum Gasteiger partial charge on any atom is -0.330 e. The third-order valence-corrected chi connectivity index (χ3v) is 6.32. The highest BCUT2D eigenvalue weighted by Crippen LogP contribution is 2.28. The first kappa shape index (κ1) is 21.2. The standard InChI is InChI=1S/C20H25N3O5S/c1-14(24)22(12-11-15-5-3-2-4-6-15)18-13-19(25)23(20(18)26)16-7-9-17(10-8-16)29(21,27)28/h5,7-10,18H,2-4,6,11-13H2,1H3,(H2,21,27,28). The second kappa shape index (κ2) is 8.46. The van der Waals surface area contributed by atoms with Crippen LogP contribution in [0.25, 0.3) is 0 Å². The maximum atomic E-state index is 12.9. The Morgan fingerprint density at radius 3 is 2.45 bits per heavy atom. The fraction of sp³-hybridized carbons (Fsp3) is 0.450. The van der Waals surface area contributed by atoms with E-state index in [0.717, 1.165) is 24.2 Å². The lowest BCUT2D eigenvalue weighted by Gasteiger charge is -2.27.